The first-order chi connectivity index (χ1) is 18.9. The van der Waals surface area contributed by atoms with E-state index in [1.54, 1.807) is 12.3 Å². The molecular formula is C30H31F2N5O2. The van der Waals surface area contributed by atoms with Crippen molar-refractivity contribution in [3.63, 3.8) is 0 Å². The summed E-state index contributed by atoms with van der Waals surface area (Å²) in [6, 6.07) is 10.7. The van der Waals surface area contributed by atoms with Crippen molar-refractivity contribution in [3.05, 3.63) is 48.4 Å². The van der Waals surface area contributed by atoms with E-state index in [9.17, 15) is 9.50 Å². The second-order valence-electron chi connectivity index (χ2n) is 11.4. The fraction of sp³-hybridized carbons (Fsp3) is 0.433. The van der Waals surface area contributed by atoms with Crippen LogP contribution in [0.2, 0.25) is 0 Å². The third-order valence-corrected chi connectivity index (χ3v) is 8.69. The number of fused-ring (bicyclic) bond motifs is 4. The highest BCUT2D eigenvalue weighted by atomic mass is 19.1. The van der Waals surface area contributed by atoms with Gasteiger partial charge in [0.1, 0.15) is 35.6 Å². The molecular weight excluding hydrogens is 500 g/mol. The van der Waals surface area contributed by atoms with Gasteiger partial charge in [-0.15, -0.1) is 0 Å². The van der Waals surface area contributed by atoms with Crippen molar-refractivity contribution < 1.29 is 18.6 Å². The zero-order chi connectivity index (χ0) is 26.7. The number of aromatic nitrogens is 3. The molecule has 1 saturated carbocycles. The van der Waals surface area contributed by atoms with Gasteiger partial charge >= 0.3 is 6.01 Å². The first-order valence-electron chi connectivity index (χ1n) is 13.7. The summed E-state index contributed by atoms with van der Waals surface area (Å²) < 4.78 is 36.4. The zero-order valence-electron chi connectivity index (χ0n) is 21.9. The number of nitrogens with zero attached hydrogens (tertiary/aromatic N) is 5. The van der Waals surface area contributed by atoms with E-state index in [0.29, 0.717) is 41.6 Å². The van der Waals surface area contributed by atoms with E-state index in [0.717, 1.165) is 23.9 Å². The summed E-state index contributed by atoms with van der Waals surface area (Å²) in [5.41, 5.74) is 0.735. The van der Waals surface area contributed by atoms with Gasteiger partial charge in [0.25, 0.3) is 0 Å². The highest BCUT2D eigenvalue weighted by Crippen LogP contribution is 2.41. The summed E-state index contributed by atoms with van der Waals surface area (Å²) in [5, 5.41) is 12.5. The molecule has 7 nitrogen and oxygen atoms in total. The van der Waals surface area contributed by atoms with Gasteiger partial charge in [0.15, 0.2) is 5.82 Å². The van der Waals surface area contributed by atoms with Crippen molar-refractivity contribution in [2.75, 3.05) is 38.2 Å². The summed E-state index contributed by atoms with van der Waals surface area (Å²) in [7, 11) is 1.88. The van der Waals surface area contributed by atoms with Crippen molar-refractivity contribution in [1.82, 2.24) is 19.9 Å². The summed E-state index contributed by atoms with van der Waals surface area (Å²) in [6.45, 7) is 2.31. The molecule has 0 amide bonds. The highest BCUT2D eigenvalue weighted by Gasteiger charge is 2.35. The molecule has 4 heterocycles. The smallest absolute Gasteiger partial charge is 0.319 e. The molecule has 0 radical (unpaired) electrons. The summed E-state index contributed by atoms with van der Waals surface area (Å²) in [4.78, 5) is 18.0. The van der Waals surface area contributed by atoms with Gasteiger partial charge in [-0.1, -0.05) is 24.3 Å². The number of hydrogen-bond acceptors (Lipinski definition) is 7. The number of rotatable bonds is 5. The third kappa shape index (κ3) is 4.42. The molecule has 7 rings (SSSR count). The number of hydrogen-bond donors (Lipinski definition) is 1. The Bertz CT molecular complexity index is 1550. The minimum Gasteiger partial charge on any atom is -0.508 e. The number of anilines is 1. The molecule has 2 aliphatic heterocycles. The monoisotopic (exact) mass is 531 g/mol. The summed E-state index contributed by atoms with van der Waals surface area (Å²) in [5.74, 6) is 1.28. The van der Waals surface area contributed by atoms with Crippen molar-refractivity contribution in [3.8, 4) is 23.0 Å². The minimum absolute atomic E-state index is 0.0352. The van der Waals surface area contributed by atoms with E-state index in [1.165, 1.54) is 25.3 Å². The number of ether oxygens (including phenoxy) is 1. The van der Waals surface area contributed by atoms with E-state index in [2.05, 4.69) is 14.9 Å². The lowest BCUT2D eigenvalue weighted by atomic mass is 9.98. The average Bonchev–Trinajstić information content (AvgIpc) is 3.44. The number of benzene rings is 2. The molecule has 4 aromatic rings. The van der Waals surface area contributed by atoms with Crippen LogP contribution in [0.4, 0.5) is 14.6 Å². The second-order valence-corrected chi connectivity index (χ2v) is 11.4. The van der Waals surface area contributed by atoms with E-state index < -0.39 is 12.0 Å². The normalized spacial score (nSPS) is 25.2. The highest BCUT2D eigenvalue weighted by molar-refractivity contribution is 5.99. The minimum atomic E-state index is -0.885. The average molecular weight is 532 g/mol. The van der Waals surface area contributed by atoms with Crippen molar-refractivity contribution >= 4 is 27.5 Å². The number of halogens is 2. The van der Waals surface area contributed by atoms with Gasteiger partial charge in [-0.25, -0.2) is 8.78 Å². The molecule has 4 atom stereocenters. The quantitative estimate of drug-likeness (QED) is 0.372. The number of aromatic hydroxyl groups is 1. The number of pyridine rings is 1. The van der Waals surface area contributed by atoms with Crippen LogP contribution in [0.3, 0.4) is 0 Å². The van der Waals surface area contributed by atoms with Crippen LogP contribution in [0.15, 0.2) is 42.6 Å². The Morgan fingerprint density at radius 2 is 1.82 bits per heavy atom. The maximum atomic E-state index is 16.4. The van der Waals surface area contributed by atoms with Crippen LogP contribution in [0.5, 0.6) is 11.8 Å². The molecule has 39 heavy (non-hydrogen) atoms. The number of phenols is 1. The van der Waals surface area contributed by atoms with Gasteiger partial charge in [0.2, 0.25) is 0 Å². The first kappa shape index (κ1) is 24.5. The number of piperidine rings is 1. The lowest BCUT2D eigenvalue weighted by Crippen LogP contribution is -2.37. The van der Waals surface area contributed by atoms with E-state index in [1.807, 2.05) is 36.2 Å². The molecule has 202 valence electrons. The molecule has 1 N–H and O–H groups in total. The van der Waals surface area contributed by atoms with Crippen molar-refractivity contribution in [2.24, 2.45) is 11.8 Å². The predicted molar refractivity (Wildman–Crippen MR) is 146 cm³/mol. The second kappa shape index (κ2) is 9.55. The summed E-state index contributed by atoms with van der Waals surface area (Å²) >= 11 is 0. The van der Waals surface area contributed by atoms with Gasteiger partial charge in [-0.05, 0) is 67.5 Å². The maximum Gasteiger partial charge on any atom is 0.319 e. The number of likely N-dealkylation sites (N-methyl/N-ethyl adjacent to an activating group) is 1. The van der Waals surface area contributed by atoms with Crippen molar-refractivity contribution in [2.45, 2.75) is 37.9 Å². The van der Waals surface area contributed by atoms with Crippen LogP contribution in [0.1, 0.15) is 25.7 Å². The van der Waals surface area contributed by atoms with Gasteiger partial charge in [-0.3, -0.25) is 9.88 Å². The number of phenolic OH excluding ortho intramolecular Hbond substituents is 1. The third-order valence-electron chi connectivity index (χ3n) is 8.69. The van der Waals surface area contributed by atoms with E-state index in [-0.39, 0.29) is 35.6 Å². The number of likely N-dealkylation sites (tertiary alicyclic amines) is 1. The van der Waals surface area contributed by atoms with Crippen LogP contribution in [-0.4, -0.2) is 70.5 Å². The Labute approximate surface area is 225 Å². The van der Waals surface area contributed by atoms with Crippen LogP contribution in [0, 0.1) is 17.7 Å². The molecule has 2 bridgehead atoms. The van der Waals surface area contributed by atoms with Gasteiger partial charge in [-0.2, -0.15) is 9.97 Å². The Morgan fingerprint density at radius 3 is 2.59 bits per heavy atom. The lowest BCUT2D eigenvalue weighted by Gasteiger charge is -2.33. The zero-order valence-corrected chi connectivity index (χ0v) is 21.9. The predicted octanol–water partition coefficient (Wildman–Crippen LogP) is 5.35. The van der Waals surface area contributed by atoms with Crippen LogP contribution < -0.4 is 9.64 Å². The van der Waals surface area contributed by atoms with E-state index >= 15 is 4.39 Å². The molecule has 2 unspecified atom stereocenters. The molecule has 1 aliphatic carbocycles. The molecule has 0 spiro atoms. The molecule has 9 heteroatoms. The van der Waals surface area contributed by atoms with Crippen LogP contribution in [-0.2, 0) is 0 Å². The summed E-state index contributed by atoms with van der Waals surface area (Å²) in [6.07, 6.45) is 4.77. The van der Waals surface area contributed by atoms with Gasteiger partial charge in [0.05, 0.1) is 5.39 Å². The van der Waals surface area contributed by atoms with Crippen molar-refractivity contribution in [1.29, 1.82) is 0 Å². The largest absolute Gasteiger partial charge is 0.508 e. The SMILES string of the molecule is CN1C[C@H](F)C[C@H]1COc1nc(N2CC3CCC(C3)C2)c2cnc(-c3cc(O)cc4ccccc34)c(F)c2n1. The Morgan fingerprint density at radius 1 is 1.03 bits per heavy atom. The molecule has 2 aromatic heterocycles. The lowest BCUT2D eigenvalue weighted by molar-refractivity contribution is 0.188. The topological polar surface area (TPSA) is 74.6 Å². The standard InChI is InChI=1S/C30H31F2N5O2/c1-36-15-20(31)10-21(36)16-39-30-34-28-25(29(35-30)37-13-17-6-7-18(8-17)14-37)12-33-27(26(28)32)24-11-22(38)9-19-4-2-3-5-23(19)24/h2-5,9,11-12,17-18,20-21,38H,6-8,10,13-16H2,1H3/t17?,18?,20-,21+/m1/s1. The van der Waals surface area contributed by atoms with E-state index in [4.69, 9.17) is 9.72 Å². The maximum absolute atomic E-state index is 16.4. The molecule has 2 aromatic carbocycles. The molecule has 2 saturated heterocycles. The van der Waals surface area contributed by atoms with Gasteiger partial charge < -0.3 is 14.7 Å². The fourth-order valence-electron chi connectivity index (χ4n) is 6.76. The molecule has 3 fully saturated rings. The Balaban J connectivity index is 1.34. The number of alkyl halides is 1. The first-order valence-corrected chi connectivity index (χ1v) is 13.7. The molecule has 3 aliphatic rings. The Kier molecular flexibility index (Phi) is 5.99. The van der Waals surface area contributed by atoms with Gasteiger partial charge in [0, 0.05) is 37.4 Å². The van der Waals surface area contributed by atoms with Crippen LogP contribution >= 0.6 is 0 Å². The van der Waals surface area contributed by atoms with Crippen LogP contribution in [0.25, 0.3) is 32.9 Å². The fourth-order valence-corrected chi connectivity index (χ4v) is 6.76. The Hall–Kier alpha value is -3.59.